The molecule has 1 N–H and O–H groups in total. The van der Waals surface area contributed by atoms with Gasteiger partial charge in [0.25, 0.3) is 5.91 Å². The Hall–Kier alpha value is -2.07. The highest BCUT2D eigenvalue weighted by Gasteiger charge is 2.31. The molecule has 0 bridgehead atoms. The van der Waals surface area contributed by atoms with Gasteiger partial charge in [0.05, 0.1) is 6.04 Å². The van der Waals surface area contributed by atoms with Gasteiger partial charge in [-0.25, -0.2) is 4.39 Å². The van der Waals surface area contributed by atoms with Crippen molar-refractivity contribution in [2.75, 3.05) is 0 Å². The van der Waals surface area contributed by atoms with Crippen molar-refractivity contribution in [1.29, 1.82) is 0 Å². The van der Waals surface area contributed by atoms with E-state index in [2.05, 4.69) is 5.32 Å². The van der Waals surface area contributed by atoms with Crippen LogP contribution in [0.5, 0.6) is 5.75 Å². The minimum absolute atomic E-state index is 0.330. The second-order valence-corrected chi connectivity index (χ2v) is 6.22. The molecule has 2 aromatic rings. The smallest absolute Gasteiger partial charge is 0.264 e. The first kappa shape index (κ1) is 17.3. The van der Waals surface area contributed by atoms with E-state index in [9.17, 15) is 9.18 Å². The Labute approximate surface area is 140 Å². The average Bonchev–Trinajstić information content (AvgIpc) is 2.49. The molecule has 23 heavy (non-hydrogen) atoms. The summed E-state index contributed by atoms with van der Waals surface area (Å²) in [6.07, 6.45) is 0. The van der Waals surface area contributed by atoms with Gasteiger partial charge in [-0.1, -0.05) is 29.8 Å². The second kappa shape index (κ2) is 7.01. The van der Waals surface area contributed by atoms with Gasteiger partial charge in [0.2, 0.25) is 0 Å². The highest BCUT2D eigenvalue weighted by Crippen LogP contribution is 2.22. The van der Waals surface area contributed by atoms with Crippen molar-refractivity contribution in [3.8, 4) is 5.75 Å². The average molecular weight is 336 g/mol. The van der Waals surface area contributed by atoms with E-state index in [-0.39, 0.29) is 11.7 Å². The largest absolute Gasteiger partial charge is 0.478 e. The lowest BCUT2D eigenvalue weighted by Crippen LogP contribution is -2.47. The highest BCUT2D eigenvalue weighted by atomic mass is 35.5. The summed E-state index contributed by atoms with van der Waals surface area (Å²) in [6.45, 7) is 5.05. The first-order valence-corrected chi connectivity index (χ1v) is 7.67. The molecular formula is C18H19ClFNO2. The topological polar surface area (TPSA) is 38.3 Å². The molecule has 0 fully saturated rings. The van der Waals surface area contributed by atoms with E-state index in [1.165, 1.54) is 6.07 Å². The monoisotopic (exact) mass is 335 g/mol. The molecule has 0 radical (unpaired) electrons. The van der Waals surface area contributed by atoms with E-state index in [1.807, 2.05) is 0 Å². The molecule has 5 heteroatoms. The molecule has 0 aliphatic heterocycles. The number of ether oxygens (including phenoxy) is 1. The summed E-state index contributed by atoms with van der Waals surface area (Å²) >= 11 is 5.83. The fourth-order valence-electron chi connectivity index (χ4n) is 2.12. The number of rotatable bonds is 5. The van der Waals surface area contributed by atoms with Crippen molar-refractivity contribution in [1.82, 2.24) is 5.32 Å². The molecule has 0 unspecified atom stereocenters. The molecule has 0 aliphatic carbocycles. The van der Waals surface area contributed by atoms with Crippen molar-refractivity contribution in [3.63, 3.8) is 0 Å². The molecule has 0 aromatic heterocycles. The SMILES string of the molecule is C[C@@H](NC(=O)C(C)(C)Oc1ccc(Cl)cc1)c1ccccc1F. The van der Waals surface area contributed by atoms with Crippen LogP contribution in [0.4, 0.5) is 4.39 Å². The molecule has 1 atom stereocenters. The van der Waals surface area contributed by atoms with Crippen LogP contribution < -0.4 is 10.1 Å². The summed E-state index contributed by atoms with van der Waals surface area (Å²) in [5.74, 6) is -0.145. The molecule has 0 saturated carbocycles. The molecule has 1 amide bonds. The predicted octanol–water partition coefficient (Wildman–Crippen LogP) is 4.51. The van der Waals surface area contributed by atoms with Crippen LogP contribution in [0.1, 0.15) is 32.4 Å². The van der Waals surface area contributed by atoms with Gasteiger partial charge >= 0.3 is 0 Å². The maximum Gasteiger partial charge on any atom is 0.264 e. The van der Waals surface area contributed by atoms with E-state index in [0.717, 1.165) is 0 Å². The Morgan fingerprint density at radius 3 is 2.39 bits per heavy atom. The maximum atomic E-state index is 13.8. The zero-order chi connectivity index (χ0) is 17.0. The third-order valence-electron chi connectivity index (χ3n) is 3.45. The van der Waals surface area contributed by atoms with Crippen LogP contribution in [0.3, 0.4) is 0 Å². The molecule has 0 heterocycles. The van der Waals surface area contributed by atoms with Crippen LogP contribution in [0.15, 0.2) is 48.5 Å². The van der Waals surface area contributed by atoms with Gasteiger partial charge in [0.1, 0.15) is 11.6 Å². The summed E-state index contributed by atoms with van der Waals surface area (Å²) in [5, 5.41) is 3.37. The Morgan fingerprint density at radius 1 is 1.17 bits per heavy atom. The molecule has 0 spiro atoms. The quantitative estimate of drug-likeness (QED) is 0.872. The zero-order valence-corrected chi connectivity index (χ0v) is 14.0. The van der Waals surface area contributed by atoms with Gasteiger partial charge in [-0.15, -0.1) is 0 Å². The first-order chi connectivity index (χ1) is 10.8. The molecular weight excluding hydrogens is 317 g/mol. The number of hydrogen-bond donors (Lipinski definition) is 1. The first-order valence-electron chi connectivity index (χ1n) is 7.29. The van der Waals surface area contributed by atoms with Crippen LogP contribution in [-0.4, -0.2) is 11.5 Å². The molecule has 3 nitrogen and oxygen atoms in total. The van der Waals surface area contributed by atoms with Crippen LogP contribution in [0.2, 0.25) is 5.02 Å². The van der Waals surface area contributed by atoms with E-state index in [0.29, 0.717) is 16.3 Å². The Morgan fingerprint density at radius 2 is 1.78 bits per heavy atom. The summed E-state index contributed by atoms with van der Waals surface area (Å²) in [7, 11) is 0. The van der Waals surface area contributed by atoms with Crippen LogP contribution in [0.25, 0.3) is 0 Å². The number of carbonyl (C=O) groups excluding carboxylic acids is 1. The van der Waals surface area contributed by atoms with Crippen molar-refractivity contribution in [3.05, 3.63) is 64.9 Å². The van der Waals surface area contributed by atoms with E-state index >= 15 is 0 Å². The van der Waals surface area contributed by atoms with Gasteiger partial charge in [-0.2, -0.15) is 0 Å². The lowest BCUT2D eigenvalue weighted by Gasteiger charge is -2.27. The number of halogens is 2. The summed E-state index contributed by atoms with van der Waals surface area (Å²) in [5.41, 5.74) is -0.670. The summed E-state index contributed by atoms with van der Waals surface area (Å²) in [4.78, 5) is 12.4. The Balaban J connectivity index is 2.06. The van der Waals surface area contributed by atoms with Gasteiger partial charge < -0.3 is 10.1 Å². The van der Waals surface area contributed by atoms with Crippen LogP contribution in [-0.2, 0) is 4.79 Å². The lowest BCUT2D eigenvalue weighted by atomic mass is 10.0. The van der Waals surface area contributed by atoms with Gasteiger partial charge in [0.15, 0.2) is 5.60 Å². The standard InChI is InChI=1S/C18H19ClFNO2/c1-12(15-6-4-5-7-16(15)20)21-17(22)18(2,3)23-14-10-8-13(19)9-11-14/h4-12H,1-3H3,(H,21,22)/t12-/m1/s1. The summed E-state index contributed by atoms with van der Waals surface area (Å²) in [6, 6.07) is 12.7. The van der Waals surface area contributed by atoms with E-state index < -0.39 is 11.6 Å². The minimum atomic E-state index is -1.10. The number of hydrogen-bond acceptors (Lipinski definition) is 2. The number of amides is 1. The Bertz CT molecular complexity index is 686. The third-order valence-corrected chi connectivity index (χ3v) is 3.70. The Kier molecular flexibility index (Phi) is 5.26. The zero-order valence-electron chi connectivity index (χ0n) is 13.3. The van der Waals surface area contributed by atoms with Crippen LogP contribution >= 0.6 is 11.6 Å². The van der Waals surface area contributed by atoms with Crippen molar-refractivity contribution in [2.45, 2.75) is 32.4 Å². The minimum Gasteiger partial charge on any atom is -0.478 e. The number of carbonyl (C=O) groups is 1. The van der Waals surface area contributed by atoms with Gasteiger partial charge in [0, 0.05) is 10.6 Å². The normalized spacial score (nSPS) is 12.6. The lowest BCUT2D eigenvalue weighted by molar-refractivity contribution is -0.134. The maximum absolute atomic E-state index is 13.8. The van der Waals surface area contributed by atoms with Gasteiger partial charge in [-0.3, -0.25) is 4.79 Å². The van der Waals surface area contributed by atoms with Gasteiger partial charge in [-0.05, 0) is 51.1 Å². The van der Waals surface area contributed by atoms with E-state index in [1.54, 1.807) is 63.2 Å². The molecule has 0 saturated heterocycles. The van der Waals surface area contributed by atoms with Crippen LogP contribution in [0, 0.1) is 5.82 Å². The van der Waals surface area contributed by atoms with E-state index in [4.69, 9.17) is 16.3 Å². The molecule has 2 aromatic carbocycles. The molecule has 0 aliphatic rings. The number of nitrogens with one attached hydrogen (secondary N) is 1. The summed E-state index contributed by atoms with van der Waals surface area (Å²) < 4.78 is 19.5. The van der Waals surface area contributed by atoms with Crippen molar-refractivity contribution in [2.24, 2.45) is 0 Å². The second-order valence-electron chi connectivity index (χ2n) is 5.78. The van der Waals surface area contributed by atoms with Crippen molar-refractivity contribution < 1.29 is 13.9 Å². The fraction of sp³-hybridized carbons (Fsp3) is 0.278. The van der Waals surface area contributed by atoms with Crippen molar-refractivity contribution >= 4 is 17.5 Å². The number of benzene rings is 2. The highest BCUT2D eigenvalue weighted by molar-refractivity contribution is 6.30. The molecule has 2 rings (SSSR count). The molecule has 122 valence electrons. The third kappa shape index (κ3) is 4.45. The fourth-order valence-corrected chi connectivity index (χ4v) is 2.24. The predicted molar refractivity (Wildman–Crippen MR) is 89.1 cm³/mol.